The van der Waals surface area contributed by atoms with Gasteiger partial charge in [0.15, 0.2) is 0 Å². The molecule has 96 valence electrons. The highest BCUT2D eigenvalue weighted by atomic mass is 16.5. The lowest BCUT2D eigenvalue weighted by molar-refractivity contribution is -0.0963. The Bertz CT molecular complexity index is 191. The number of rotatable bonds is 6. The molecule has 1 aliphatic carbocycles. The maximum Gasteiger partial charge on any atom is 0.0834 e. The van der Waals surface area contributed by atoms with Gasteiger partial charge < -0.3 is 10.1 Å². The van der Waals surface area contributed by atoms with Gasteiger partial charge in [0.1, 0.15) is 0 Å². The van der Waals surface area contributed by atoms with Gasteiger partial charge in [-0.2, -0.15) is 0 Å². The summed E-state index contributed by atoms with van der Waals surface area (Å²) in [5, 5.41) is 3.62. The molecule has 1 aliphatic rings. The zero-order valence-electron chi connectivity index (χ0n) is 11.5. The van der Waals surface area contributed by atoms with Gasteiger partial charge >= 0.3 is 0 Å². The Hall–Kier alpha value is -0.0800. The lowest BCUT2D eigenvalue weighted by Gasteiger charge is -2.44. The number of nitrogens with one attached hydrogen (secondary N) is 1. The fraction of sp³-hybridized carbons (Fsp3) is 1.00. The van der Waals surface area contributed by atoms with E-state index in [2.05, 4.69) is 33.0 Å². The molecular formula is C14H29NO. The summed E-state index contributed by atoms with van der Waals surface area (Å²) in [6.07, 6.45) is 6.33. The molecule has 16 heavy (non-hydrogen) atoms. The second-order valence-corrected chi connectivity index (χ2v) is 5.38. The Morgan fingerprint density at radius 1 is 1.44 bits per heavy atom. The van der Waals surface area contributed by atoms with Crippen LogP contribution in [0.1, 0.15) is 59.8 Å². The molecule has 0 aromatic carbocycles. The number of ether oxygens (including phenoxy) is 1. The molecule has 3 atom stereocenters. The summed E-state index contributed by atoms with van der Waals surface area (Å²) in [4.78, 5) is 0. The van der Waals surface area contributed by atoms with E-state index in [4.69, 9.17) is 4.74 Å². The van der Waals surface area contributed by atoms with Crippen LogP contribution in [0.4, 0.5) is 0 Å². The Morgan fingerprint density at radius 2 is 2.19 bits per heavy atom. The monoisotopic (exact) mass is 227 g/mol. The van der Waals surface area contributed by atoms with Crippen molar-refractivity contribution in [3.8, 4) is 0 Å². The lowest BCUT2D eigenvalue weighted by atomic mass is 9.75. The Kier molecular flexibility index (Phi) is 5.77. The molecule has 1 rings (SSSR count). The van der Waals surface area contributed by atoms with Crippen LogP contribution in [0.2, 0.25) is 0 Å². The van der Waals surface area contributed by atoms with Crippen molar-refractivity contribution in [3.63, 3.8) is 0 Å². The Balaban J connectivity index is 2.62. The van der Waals surface area contributed by atoms with Crippen molar-refractivity contribution in [1.82, 2.24) is 5.32 Å². The van der Waals surface area contributed by atoms with Crippen LogP contribution >= 0.6 is 0 Å². The molecule has 0 saturated heterocycles. The summed E-state index contributed by atoms with van der Waals surface area (Å²) in [7, 11) is 0. The molecule has 2 heteroatoms. The van der Waals surface area contributed by atoms with E-state index in [1.54, 1.807) is 0 Å². The average molecular weight is 227 g/mol. The zero-order chi connectivity index (χ0) is 12.0. The molecule has 2 nitrogen and oxygen atoms in total. The largest absolute Gasteiger partial charge is 0.374 e. The molecule has 0 bridgehead atoms. The van der Waals surface area contributed by atoms with Gasteiger partial charge in [-0.05, 0) is 45.6 Å². The van der Waals surface area contributed by atoms with Crippen LogP contribution in [0, 0.1) is 5.92 Å². The maximum absolute atomic E-state index is 6.14. The minimum atomic E-state index is 0.0988. The van der Waals surface area contributed by atoms with E-state index in [1.807, 2.05) is 0 Å². The summed E-state index contributed by atoms with van der Waals surface area (Å²) in [6.45, 7) is 10.9. The van der Waals surface area contributed by atoms with Crippen LogP contribution in [-0.4, -0.2) is 24.8 Å². The van der Waals surface area contributed by atoms with Crippen molar-refractivity contribution in [3.05, 3.63) is 0 Å². The molecule has 0 aromatic rings. The fourth-order valence-corrected chi connectivity index (χ4v) is 3.03. The van der Waals surface area contributed by atoms with Gasteiger partial charge in [0.25, 0.3) is 0 Å². The summed E-state index contributed by atoms with van der Waals surface area (Å²) < 4.78 is 6.14. The van der Waals surface area contributed by atoms with E-state index in [1.165, 1.54) is 32.1 Å². The van der Waals surface area contributed by atoms with Crippen LogP contribution in [0.5, 0.6) is 0 Å². The molecule has 1 fully saturated rings. The normalized spacial score (nSPS) is 32.6. The topological polar surface area (TPSA) is 21.3 Å². The van der Waals surface area contributed by atoms with Gasteiger partial charge in [-0.3, -0.25) is 0 Å². The summed E-state index contributed by atoms with van der Waals surface area (Å²) in [5.74, 6) is 0.811. The van der Waals surface area contributed by atoms with E-state index in [0.717, 1.165) is 19.1 Å². The van der Waals surface area contributed by atoms with Crippen molar-refractivity contribution < 1.29 is 4.74 Å². The molecule has 0 aromatic heterocycles. The van der Waals surface area contributed by atoms with Gasteiger partial charge in [0.05, 0.1) is 5.60 Å². The van der Waals surface area contributed by atoms with Gasteiger partial charge in [-0.15, -0.1) is 0 Å². The zero-order valence-corrected chi connectivity index (χ0v) is 11.5. The van der Waals surface area contributed by atoms with Crippen molar-refractivity contribution >= 4 is 0 Å². The fourth-order valence-electron chi connectivity index (χ4n) is 3.03. The minimum absolute atomic E-state index is 0.0988. The predicted molar refractivity (Wildman–Crippen MR) is 69.7 cm³/mol. The number of hydrogen-bond acceptors (Lipinski definition) is 2. The Morgan fingerprint density at radius 3 is 2.75 bits per heavy atom. The van der Waals surface area contributed by atoms with Gasteiger partial charge in [0.2, 0.25) is 0 Å². The first-order valence-electron chi connectivity index (χ1n) is 7.02. The first kappa shape index (κ1) is 14.0. The molecule has 0 spiro atoms. The molecule has 0 heterocycles. The maximum atomic E-state index is 6.14. The standard InChI is InChI=1S/C14H29NO/c1-5-10-15-13(4)14(16-6-2)9-7-8-12(3)11-14/h12-13,15H,5-11H2,1-4H3. The van der Waals surface area contributed by atoms with E-state index >= 15 is 0 Å². The third-order valence-corrected chi connectivity index (χ3v) is 3.91. The summed E-state index contributed by atoms with van der Waals surface area (Å²) in [6, 6.07) is 0.482. The van der Waals surface area contributed by atoms with Crippen molar-refractivity contribution in [2.45, 2.75) is 71.4 Å². The third-order valence-electron chi connectivity index (χ3n) is 3.91. The highest BCUT2D eigenvalue weighted by molar-refractivity contribution is 4.94. The van der Waals surface area contributed by atoms with Crippen LogP contribution < -0.4 is 5.32 Å². The Labute approximate surface area is 101 Å². The van der Waals surface area contributed by atoms with Gasteiger partial charge in [-0.1, -0.05) is 26.7 Å². The molecule has 0 amide bonds. The summed E-state index contributed by atoms with van der Waals surface area (Å²) >= 11 is 0. The molecular weight excluding hydrogens is 198 g/mol. The SMILES string of the molecule is CCCNC(C)C1(OCC)CCCC(C)C1. The average Bonchev–Trinajstić information content (AvgIpc) is 2.26. The van der Waals surface area contributed by atoms with Crippen LogP contribution in [0.25, 0.3) is 0 Å². The lowest BCUT2D eigenvalue weighted by Crippen LogP contribution is -2.53. The van der Waals surface area contributed by atoms with Crippen LogP contribution in [0.15, 0.2) is 0 Å². The van der Waals surface area contributed by atoms with Gasteiger partial charge in [0, 0.05) is 12.6 Å². The number of hydrogen-bond donors (Lipinski definition) is 1. The summed E-state index contributed by atoms with van der Waals surface area (Å²) in [5.41, 5.74) is 0.0988. The van der Waals surface area contributed by atoms with Crippen molar-refractivity contribution in [1.29, 1.82) is 0 Å². The van der Waals surface area contributed by atoms with Crippen molar-refractivity contribution in [2.24, 2.45) is 5.92 Å². The van der Waals surface area contributed by atoms with E-state index in [0.29, 0.717) is 6.04 Å². The minimum Gasteiger partial charge on any atom is -0.374 e. The second-order valence-electron chi connectivity index (χ2n) is 5.38. The highest BCUT2D eigenvalue weighted by Gasteiger charge is 2.40. The van der Waals surface area contributed by atoms with Gasteiger partial charge in [-0.25, -0.2) is 0 Å². The molecule has 1 saturated carbocycles. The van der Waals surface area contributed by atoms with Crippen LogP contribution in [0.3, 0.4) is 0 Å². The van der Waals surface area contributed by atoms with E-state index in [9.17, 15) is 0 Å². The molecule has 3 unspecified atom stereocenters. The third kappa shape index (κ3) is 3.46. The molecule has 0 aliphatic heterocycles. The smallest absolute Gasteiger partial charge is 0.0834 e. The van der Waals surface area contributed by atoms with E-state index in [-0.39, 0.29) is 5.60 Å². The highest BCUT2D eigenvalue weighted by Crippen LogP contribution is 2.37. The molecule has 0 radical (unpaired) electrons. The first-order valence-corrected chi connectivity index (χ1v) is 7.02. The second kappa shape index (κ2) is 6.61. The molecule has 1 N–H and O–H groups in total. The quantitative estimate of drug-likeness (QED) is 0.751. The predicted octanol–water partition coefficient (Wildman–Crippen LogP) is 3.36. The van der Waals surface area contributed by atoms with E-state index < -0.39 is 0 Å². The van der Waals surface area contributed by atoms with Crippen molar-refractivity contribution in [2.75, 3.05) is 13.2 Å². The van der Waals surface area contributed by atoms with Crippen LogP contribution in [-0.2, 0) is 4.74 Å². The first-order chi connectivity index (χ1) is 7.64.